The molecule has 0 aromatic heterocycles. The highest BCUT2D eigenvalue weighted by atomic mass is 79.9. The van der Waals surface area contributed by atoms with Crippen LogP contribution in [0, 0.1) is 0 Å². The lowest BCUT2D eigenvalue weighted by Gasteiger charge is -2.27. The van der Waals surface area contributed by atoms with Crippen LogP contribution in [0.5, 0.6) is 11.5 Å². The molecule has 0 fully saturated rings. The number of nitrogens with one attached hydrogen (secondary N) is 4. The highest BCUT2D eigenvalue weighted by Crippen LogP contribution is 2.41. The topological polar surface area (TPSA) is 182 Å². The SMILES string of the molecule is CN[C@@H](C)C(=O)N[C@H]1CN(C(=O)c2ccc(C(=O)N3C[C@H](NC(=O)[C@H](C)NC)C(=O)N(Cc4c(OC)ccc5c(Br)cccc45)c4ccccc43)cc2)c2ccccc2N(Cc2c(OC)ccc3c(Br)cccc23)C1=O.Cl.Cl. The first kappa shape index (κ1) is 58.6. The number of carbonyl (C=O) groups excluding carboxylic acids is 6. The first-order valence-corrected chi connectivity index (χ1v) is 26.2. The predicted molar refractivity (Wildman–Crippen MR) is 317 cm³/mol. The minimum Gasteiger partial charge on any atom is -0.496 e. The Morgan fingerprint density at radius 1 is 0.513 bits per heavy atom. The fraction of sp³-hybridized carbons (Fsp3) is 0.241. The van der Waals surface area contributed by atoms with Gasteiger partial charge in [0.1, 0.15) is 23.6 Å². The number of hydrogen-bond donors (Lipinski definition) is 4. The number of ether oxygens (including phenoxy) is 2. The zero-order chi connectivity index (χ0) is 53.9. The van der Waals surface area contributed by atoms with Crippen molar-refractivity contribution in [2.45, 2.75) is 51.1 Å². The van der Waals surface area contributed by atoms with Gasteiger partial charge in [0, 0.05) is 31.2 Å². The quantitative estimate of drug-likeness (QED) is 0.0821. The van der Waals surface area contributed by atoms with Gasteiger partial charge in [-0.1, -0.05) is 80.4 Å². The molecule has 0 radical (unpaired) electrons. The van der Waals surface area contributed by atoms with Gasteiger partial charge < -0.3 is 50.3 Å². The lowest BCUT2D eigenvalue weighted by molar-refractivity contribution is -0.128. The third-order valence-corrected chi connectivity index (χ3v) is 15.5. The molecule has 9 rings (SSSR count). The fourth-order valence-electron chi connectivity index (χ4n) is 9.77. The van der Waals surface area contributed by atoms with Gasteiger partial charge in [-0.15, -0.1) is 24.8 Å². The number of anilines is 4. The number of amides is 6. The molecule has 0 aliphatic carbocycles. The number of nitrogens with zero attached hydrogens (tertiary/aromatic N) is 4. The van der Waals surface area contributed by atoms with Crippen LogP contribution in [-0.4, -0.2) is 101 Å². The second-order valence-electron chi connectivity index (χ2n) is 18.5. The van der Waals surface area contributed by atoms with Crippen LogP contribution in [0.25, 0.3) is 21.5 Å². The van der Waals surface area contributed by atoms with E-state index in [9.17, 15) is 9.59 Å². The molecule has 0 saturated heterocycles. The zero-order valence-electron chi connectivity index (χ0n) is 43.5. The van der Waals surface area contributed by atoms with E-state index in [2.05, 4.69) is 53.1 Å². The van der Waals surface area contributed by atoms with Crippen molar-refractivity contribution in [3.8, 4) is 11.5 Å². The summed E-state index contributed by atoms with van der Waals surface area (Å²) in [6.07, 6.45) is 0. The number of carbonyl (C=O) groups is 6. The van der Waals surface area contributed by atoms with Crippen molar-refractivity contribution in [2.24, 2.45) is 0 Å². The Bertz CT molecular complexity index is 3220. The highest BCUT2D eigenvalue weighted by Gasteiger charge is 2.40. The first-order chi connectivity index (χ1) is 36.7. The van der Waals surface area contributed by atoms with Crippen molar-refractivity contribution in [1.82, 2.24) is 21.3 Å². The number of likely N-dealkylation sites (N-methyl/N-ethyl adjacent to an activating group) is 2. The van der Waals surface area contributed by atoms with Crippen molar-refractivity contribution in [1.29, 1.82) is 0 Å². The van der Waals surface area contributed by atoms with Crippen molar-refractivity contribution in [2.75, 3.05) is 61.0 Å². The van der Waals surface area contributed by atoms with Crippen LogP contribution in [0.4, 0.5) is 22.7 Å². The van der Waals surface area contributed by atoms with E-state index in [0.717, 1.165) is 41.6 Å². The summed E-state index contributed by atoms with van der Waals surface area (Å²) in [5, 5.41) is 15.2. The molecule has 7 aromatic rings. The van der Waals surface area contributed by atoms with E-state index in [4.69, 9.17) is 9.47 Å². The lowest BCUT2D eigenvalue weighted by Crippen LogP contribution is -2.55. The number of fused-ring (bicyclic) bond motifs is 4. The number of benzene rings is 7. The fourth-order valence-corrected chi connectivity index (χ4v) is 10.8. The molecule has 4 N–H and O–H groups in total. The Balaban J connectivity index is 0.00000441. The Hall–Kier alpha value is -7.06. The van der Waals surface area contributed by atoms with Gasteiger partial charge in [-0.3, -0.25) is 28.8 Å². The molecule has 6 amide bonds. The van der Waals surface area contributed by atoms with Crippen LogP contribution in [-0.2, 0) is 32.3 Å². The predicted octanol–water partition coefficient (Wildman–Crippen LogP) is 8.95. The Labute approximate surface area is 481 Å². The summed E-state index contributed by atoms with van der Waals surface area (Å²) in [5.74, 6) is -1.63. The molecule has 16 nitrogen and oxygen atoms in total. The summed E-state index contributed by atoms with van der Waals surface area (Å²) in [4.78, 5) is 93.4. The number of halogens is 4. The van der Waals surface area contributed by atoms with Gasteiger partial charge >= 0.3 is 0 Å². The van der Waals surface area contributed by atoms with Crippen LogP contribution in [0.15, 0.2) is 142 Å². The third kappa shape index (κ3) is 11.4. The van der Waals surface area contributed by atoms with E-state index in [1.165, 1.54) is 34.1 Å². The minimum absolute atomic E-state index is 0. The molecule has 0 bridgehead atoms. The molecule has 78 heavy (non-hydrogen) atoms. The van der Waals surface area contributed by atoms with Crippen molar-refractivity contribution in [3.63, 3.8) is 0 Å². The first-order valence-electron chi connectivity index (χ1n) is 24.7. The largest absolute Gasteiger partial charge is 0.496 e. The summed E-state index contributed by atoms with van der Waals surface area (Å²) in [6, 6.07) is 35.8. The Morgan fingerprint density at radius 3 is 1.22 bits per heavy atom. The normalized spacial score (nSPS) is 15.9. The molecule has 4 atom stereocenters. The number of methoxy groups -OCH3 is 2. The van der Waals surface area contributed by atoms with Crippen molar-refractivity contribution >= 4 is 136 Å². The van der Waals surface area contributed by atoms with E-state index in [1.54, 1.807) is 100 Å². The summed E-state index contributed by atoms with van der Waals surface area (Å²) in [5.41, 5.74) is 3.54. The summed E-state index contributed by atoms with van der Waals surface area (Å²) >= 11 is 7.33. The maximum absolute atomic E-state index is 15.1. The molecule has 2 heterocycles. The lowest BCUT2D eigenvalue weighted by atomic mass is 10.0. The molecule has 2 aliphatic rings. The molecule has 0 unspecified atom stereocenters. The Morgan fingerprint density at radius 2 is 0.872 bits per heavy atom. The molecule has 406 valence electrons. The van der Waals surface area contributed by atoms with Crippen LogP contribution < -0.4 is 50.3 Å². The van der Waals surface area contributed by atoms with Crippen LogP contribution in [0.3, 0.4) is 0 Å². The molecular formula is C58H58Br2Cl2N8O8. The van der Waals surface area contributed by atoms with E-state index in [-0.39, 0.29) is 62.1 Å². The van der Waals surface area contributed by atoms with E-state index >= 15 is 19.2 Å². The van der Waals surface area contributed by atoms with Crippen LogP contribution >= 0.6 is 56.7 Å². The number of hydrogen-bond acceptors (Lipinski definition) is 10. The van der Waals surface area contributed by atoms with Gasteiger partial charge in [-0.2, -0.15) is 0 Å². The average molecular weight is 1230 g/mol. The van der Waals surface area contributed by atoms with E-state index < -0.39 is 59.6 Å². The summed E-state index contributed by atoms with van der Waals surface area (Å²) in [6.45, 7) is 2.99. The maximum atomic E-state index is 15.1. The molecule has 7 aromatic carbocycles. The smallest absolute Gasteiger partial charge is 0.258 e. The molecule has 0 spiro atoms. The van der Waals surface area contributed by atoms with Crippen LogP contribution in [0.1, 0.15) is 45.7 Å². The third-order valence-electron chi connectivity index (χ3n) is 14.2. The van der Waals surface area contributed by atoms with Gasteiger partial charge in [-0.25, -0.2) is 0 Å². The number of para-hydroxylation sites is 4. The molecule has 20 heteroatoms. The zero-order valence-corrected chi connectivity index (χ0v) is 48.3. The standard InChI is InChI=1S/C58H56Br2N8O8.2ClH/c1-33(61-3)53(69)63-45-31-67(49-19-9-7-17-47(49)65(57(45)73)29-41-37-13-11-15-43(59)39(37)25-27-51(41)75-5)55(71)35-21-23-36(24-22-35)56(72)68-32-46(64-54(70)34(2)62-4)58(74)66(48-18-8-10-20-50(48)68)30-42-38-14-12-16-44(60)40(38)26-28-52(42)76-6;;/h7-28,33-34,45-46,61-62H,29-32H2,1-6H3,(H,63,69)(H,64,70);2*1H/t33-,34-,45-,46-;;/m0../s1. The van der Waals surface area contributed by atoms with Crippen LogP contribution in [0.2, 0.25) is 0 Å². The van der Waals surface area contributed by atoms with E-state index in [0.29, 0.717) is 34.2 Å². The van der Waals surface area contributed by atoms with Gasteiger partial charge in [0.15, 0.2) is 0 Å². The summed E-state index contributed by atoms with van der Waals surface area (Å²) < 4.78 is 13.4. The van der Waals surface area contributed by atoms with Crippen molar-refractivity contribution < 1.29 is 38.2 Å². The Kier molecular flexibility index (Phi) is 18.9. The van der Waals surface area contributed by atoms with Crippen molar-refractivity contribution in [3.05, 3.63) is 165 Å². The monoisotopic (exact) mass is 1220 g/mol. The highest BCUT2D eigenvalue weighted by molar-refractivity contribution is 9.11. The van der Waals surface area contributed by atoms with E-state index in [1.807, 2.05) is 60.7 Å². The van der Waals surface area contributed by atoms with Gasteiger partial charge in [0.25, 0.3) is 23.6 Å². The second kappa shape index (κ2) is 25.2. The van der Waals surface area contributed by atoms with Gasteiger partial charge in [0.05, 0.1) is 75.2 Å². The van der Waals surface area contributed by atoms with Gasteiger partial charge in [0.2, 0.25) is 11.8 Å². The molecular weight excluding hydrogens is 1170 g/mol. The summed E-state index contributed by atoms with van der Waals surface area (Å²) in [7, 11) is 6.42. The number of rotatable bonds is 14. The second-order valence-corrected chi connectivity index (χ2v) is 20.2. The molecule has 0 saturated carbocycles. The maximum Gasteiger partial charge on any atom is 0.258 e. The average Bonchev–Trinajstić information content (AvgIpc) is 3.67. The molecule has 2 aliphatic heterocycles. The van der Waals surface area contributed by atoms with Gasteiger partial charge in [-0.05, 0) is 134 Å². The minimum atomic E-state index is -1.19.